The molecule has 0 radical (unpaired) electrons. The van der Waals surface area contributed by atoms with E-state index < -0.39 is 0 Å². The topological polar surface area (TPSA) is 64.3 Å². The number of anilines is 2. The van der Waals surface area contributed by atoms with Gasteiger partial charge in [-0.3, -0.25) is 0 Å². The van der Waals surface area contributed by atoms with Gasteiger partial charge in [0, 0.05) is 30.4 Å². The fraction of sp³-hybridized carbons (Fsp3) is 0.286. The summed E-state index contributed by atoms with van der Waals surface area (Å²) in [5.74, 6) is 0.513. The van der Waals surface area contributed by atoms with Crippen molar-refractivity contribution in [1.29, 1.82) is 0 Å². The quantitative estimate of drug-likeness (QED) is 0.903. The van der Waals surface area contributed by atoms with E-state index in [1.54, 1.807) is 24.4 Å². The van der Waals surface area contributed by atoms with Crippen LogP contribution in [0.4, 0.5) is 16.2 Å². The van der Waals surface area contributed by atoms with Gasteiger partial charge < -0.3 is 15.4 Å². The molecule has 5 nitrogen and oxygen atoms in total. The second-order valence-electron chi connectivity index (χ2n) is 4.55. The Morgan fingerprint density at radius 2 is 1.90 bits per heavy atom. The van der Waals surface area contributed by atoms with Gasteiger partial charge in [0.25, 0.3) is 0 Å². The normalized spacial score (nSPS) is 15.3. The summed E-state index contributed by atoms with van der Waals surface area (Å²) < 4.78 is 19.1. The maximum Gasteiger partial charge on any atom is 0.227 e. The van der Waals surface area contributed by atoms with Gasteiger partial charge in [0.05, 0.1) is 13.2 Å². The van der Waals surface area contributed by atoms with Crippen LogP contribution in [0.25, 0.3) is 11.1 Å². The van der Waals surface area contributed by atoms with Crippen LogP contribution in [-0.2, 0) is 4.74 Å². The smallest absolute Gasteiger partial charge is 0.227 e. The fourth-order valence-electron chi connectivity index (χ4n) is 2.19. The Morgan fingerprint density at radius 1 is 1.15 bits per heavy atom. The van der Waals surface area contributed by atoms with Crippen LogP contribution in [0.3, 0.4) is 0 Å². The average Bonchev–Trinajstić information content (AvgIpc) is 2.49. The zero-order chi connectivity index (χ0) is 13.9. The van der Waals surface area contributed by atoms with Crippen LogP contribution in [0.15, 0.2) is 30.5 Å². The molecule has 20 heavy (non-hydrogen) atoms. The highest BCUT2D eigenvalue weighted by molar-refractivity contribution is 5.74. The van der Waals surface area contributed by atoms with Gasteiger partial charge >= 0.3 is 0 Å². The maximum absolute atomic E-state index is 13.8. The van der Waals surface area contributed by atoms with Crippen molar-refractivity contribution in [1.82, 2.24) is 9.97 Å². The van der Waals surface area contributed by atoms with Gasteiger partial charge in [-0.1, -0.05) is 18.2 Å². The molecule has 2 aromatic rings. The summed E-state index contributed by atoms with van der Waals surface area (Å²) in [6.45, 7) is 2.77. The van der Waals surface area contributed by atoms with Gasteiger partial charge in [-0.15, -0.1) is 0 Å². The molecule has 0 amide bonds. The lowest BCUT2D eigenvalue weighted by molar-refractivity contribution is 0.122. The summed E-state index contributed by atoms with van der Waals surface area (Å²) in [4.78, 5) is 10.6. The molecule has 104 valence electrons. The molecule has 0 unspecified atom stereocenters. The molecule has 1 aliphatic rings. The monoisotopic (exact) mass is 274 g/mol. The minimum atomic E-state index is -0.332. The molecule has 1 saturated heterocycles. The number of rotatable bonds is 2. The lowest BCUT2D eigenvalue weighted by Crippen LogP contribution is -2.37. The molecule has 1 aliphatic heterocycles. The summed E-state index contributed by atoms with van der Waals surface area (Å²) in [5, 5.41) is 0. The van der Waals surface area contributed by atoms with Crippen molar-refractivity contribution in [2.75, 3.05) is 36.9 Å². The van der Waals surface area contributed by atoms with Crippen molar-refractivity contribution < 1.29 is 9.13 Å². The molecule has 0 bridgehead atoms. The Bertz CT molecular complexity index is 614. The van der Waals surface area contributed by atoms with Gasteiger partial charge in [0.2, 0.25) is 5.95 Å². The molecule has 0 saturated carbocycles. The maximum atomic E-state index is 13.8. The third-order valence-electron chi connectivity index (χ3n) is 3.26. The Hall–Kier alpha value is -2.21. The van der Waals surface area contributed by atoms with Crippen molar-refractivity contribution in [3.8, 4) is 11.1 Å². The number of nitrogen functional groups attached to an aromatic ring is 1. The number of halogens is 1. The van der Waals surface area contributed by atoms with Crippen LogP contribution in [0.2, 0.25) is 0 Å². The lowest BCUT2D eigenvalue weighted by Gasteiger charge is -2.27. The molecule has 0 atom stereocenters. The zero-order valence-corrected chi connectivity index (χ0v) is 10.9. The van der Waals surface area contributed by atoms with Crippen molar-refractivity contribution >= 4 is 11.8 Å². The number of aromatic nitrogens is 2. The van der Waals surface area contributed by atoms with E-state index in [1.165, 1.54) is 6.07 Å². The minimum Gasteiger partial charge on any atom is -0.383 e. The zero-order valence-electron chi connectivity index (χ0n) is 10.9. The van der Waals surface area contributed by atoms with E-state index in [0.29, 0.717) is 30.3 Å². The third-order valence-corrected chi connectivity index (χ3v) is 3.26. The number of hydrogen-bond acceptors (Lipinski definition) is 5. The Kier molecular flexibility index (Phi) is 3.47. The Balaban J connectivity index is 1.93. The van der Waals surface area contributed by atoms with Crippen LogP contribution >= 0.6 is 0 Å². The van der Waals surface area contributed by atoms with Gasteiger partial charge in [-0.2, -0.15) is 4.98 Å². The number of ether oxygens (including phenoxy) is 1. The highest BCUT2D eigenvalue weighted by Crippen LogP contribution is 2.27. The standard InChI is InChI=1S/C14H15FN4O/c15-12-4-2-1-3-10(12)11-9-17-14(18-13(11)16)19-5-7-20-8-6-19/h1-4,9H,5-8H2,(H2,16,17,18). The van der Waals surface area contributed by atoms with Crippen molar-refractivity contribution in [2.24, 2.45) is 0 Å². The molecule has 1 fully saturated rings. The molecule has 2 N–H and O–H groups in total. The molecular weight excluding hydrogens is 259 g/mol. The van der Waals surface area contributed by atoms with E-state index >= 15 is 0 Å². The number of nitrogens with zero attached hydrogens (tertiary/aromatic N) is 3. The molecular formula is C14H15FN4O. The Labute approximate surface area is 116 Å². The summed E-state index contributed by atoms with van der Waals surface area (Å²) in [7, 11) is 0. The minimum absolute atomic E-state index is 0.284. The molecule has 1 aromatic carbocycles. The summed E-state index contributed by atoms with van der Waals surface area (Å²) in [6, 6.07) is 6.45. The molecule has 6 heteroatoms. The first-order valence-corrected chi connectivity index (χ1v) is 6.46. The van der Waals surface area contributed by atoms with Crippen molar-refractivity contribution in [3.05, 3.63) is 36.3 Å². The number of hydrogen-bond donors (Lipinski definition) is 1. The molecule has 2 heterocycles. The first-order valence-electron chi connectivity index (χ1n) is 6.46. The van der Waals surface area contributed by atoms with E-state index in [0.717, 1.165) is 13.1 Å². The van der Waals surface area contributed by atoms with Crippen LogP contribution in [0.5, 0.6) is 0 Å². The third kappa shape index (κ3) is 2.42. The van der Waals surface area contributed by atoms with Gasteiger partial charge in [-0.25, -0.2) is 9.37 Å². The van der Waals surface area contributed by atoms with Gasteiger partial charge in [0.1, 0.15) is 11.6 Å². The summed E-state index contributed by atoms with van der Waals surface area (Å²) >= 11 is 0. The SMILES string of the molecule is Nc1nc(N2CCOCC2)ncc1-c1ccccc1F. The van der Waals surface area contributed by atoms with E-state index in [1.807, 2.05) is 4.90 Å². The largest absolute Gasteiger partial charge is 0.383 e. The first kappa shape index (κ1) is 12.8. The number of benzene rings is 1. The van der Waals surface area contributed by atoms with E-state index in [2.05, 4.69) is 9.97 Å². The molecule has 1 aromatic heterocycles. The predicted octanol–water partition coefficient (Wildman–Crippen LogP) is 1.70. The van der Waals surface area contributed by atoms with Crippen molar-refractivity contribution in [3.63, 3.8) is 0 Å². The van der Waals surface area contributed by atoms with Crippen LogP contribution in [0.1, 0.15) is 0 Å². The highest BCUT2D eigenvalue weighted by atomic mass is 19.1. The average molecular weight is 274 g/mol. The molecule has 0 aliphatic carbocycles. The summed E-state index contributed by atoms with van der Waals surface area (Å²) in [5.41, 5.74) is 6.88. The Morgan fingerprint density at radius 3 is 2.60 bits per heavy atom. The predicted molar refractivity (Wildman–Crippen MR) is 74.9 cm³/mol. The highest BCUT2D eigenvalue weighted by Gasteiger charge is 2.16. The molecule has 0 spiro atoms. The van der Waals surface area contributed by atoms with E-state index in [-0.39, 0.29) is 11.6 Å². The number of morpholine rings is 1. The van der Waals surface area contributed by atoms with Gasteiger partial charge in [0.15, 0.2) is 0 Å². The second kappa shape index (κ2) is 5.42. The first-order chi connectivity index (χ1) is 9.75. The summed E-state index contributed by atoms with van der Waals surface area (Å²) in [6.07, 6.45) is 1.57. The van der Waals surface area contributed by atoms with E-state index in [4.69, 9.17) is 10.5 Å². The fourth-order valence-corrected chi connectivity index (χ4v) is 2.19. The molecule has 3 rings (SSSR count). The lowest BCUT2D eigenvalue weighted by atomic mass is 10.1. The second-order valence-corrected chi connectivity index (χ2v) is 4.55. The van der Waals surface area contributed by atoms with Crippen LogP contribution in [0, 0.1) is 5.82 Å². The van der Waals surface area contributed by atoms with Crippen LogP contribution < -0.4 is 10.6 Å². The van der Waals surface area contributed by atoms with Gasteiger partial charge in [-0.05, 0) is 6.07 Å². The number of nitrogens with two attached hydrogens (primary N) is 1. The van der Waals surface area contributed by atoms with Crippen LogP contribution in [-0.4, -0.2) is 36.3 Å². The van der Waals surface area contributed by atoms with E-state index in [9.17, 15) is 4.39 Å². The van der Waals surface area contributed by atoms with Crippen molar-refractivity contribution in [2.45, 2.75) is 0 Å².